The van der Waals surface area contributed by atoms with E-state index in [9.17, 15) is 13.2 Å². The predicted molar refractivity (Wildman–Crippen MR) is 103 cm³/mol. The first-order valence-corrected chi connectivity index (χ1v) is 11.3. The van der Waals surface area contributed by atoms with E-state index in [4.69, 9.17) is 5.14 Å². The molecule has 1 aliphatic rings. The lowest BCUT2D eigenvalue weighted by Gasteiger charge is -2.14. The summed E-state index contributed by atoms with van der Waals surface area (Å²) in [6.07, 6.45) is 4.36. The molecule has 10 heteroatoms. The number of hydrogen-bond donors (Lipinski definition) is 2. The smallest absolute Gasteiger partial charge is 0.238 e. The van der Waals surface area contributed by atoms with E-state index in [0.717, 1.165) is 42.4 Å². The topological polar surface area (TPSA) is 120 Å². The highest BCUT2D eigenvalue weighted by Gasteiger charge is 2.17. The number of aromatic nitrogens is 3. The SMILES string of the molecule is C[C@H](NC(=O)CSc1nnc2n1CCCCC2)c1ccc(S(N)(=O)=O)cc1. The summed E-state index contributed by atoms with van der Waals surface area (Å²) in [4.78, 5) is 12.3. The number of rotatable bonds is 6. The summed E-state index contributed by atoms with van der Waals surface area (Å²) in [5, 5.41) is 17.2. The van der Waals surface area contributed by atoms with Crippen LogP contribution in [-0.4, -0.2) is 34.8 Å². The van der Waals surface area contributed by atoms with Gasteiger partial charge in [0.15, 0.2) is 5.16 Å². The first kappa shape index (κ1) is 19.8. The van der Waals surface area contributed by atoms with Gasteiger partial charge in [-0.3, -0.25) is 4.79 Å². The van der Waals surface area contributed by atoms with Gasteiger partial charge in [-0.1, -0.05) is 30.3 Å². The first-order chi connectivity index (χ1) is 12.8. The number of aryl methyl sites for hydroxylation is 1. The third-order valence-corrected chi connectivity index (χ3v) is 6.39. The summed E-state index contributed by atoms with van der Waals surface area (Å²) in [6, 6.07) is 5.93. The molecule has 1 amide bonds. The molecule has 0 saturated heterocycles. The van der Waals surface area contributed by atoms with E-state index in [-0.39, 0.29) is 22.6 Å². The predicted octanol–water partition coefficient (Wildman–Crippen LogP) is 1.62. The number of carbonyl (C=O) groups is 1. The zero-order chi connectivity index (χ0) is 19.4. The maximum absolute atomic E-state index is 12.3. The Morgan fingerprint density at radius 1 is 1.26 bits per heavy atom. The second kappa shape index (κ2) is 8.41. The van der Waals surface area contributed by atoms with Gasteiger partial charge in [0.05, 0.1) is 16.7 Å². The van der Waals surface area contributed by atoms with E-state index in [1.54, 1.807) is 12.1 Å². The summed E-state index contributed by atoms with van der Waals surface area (Å²) in [7, 11) is -3.72. The van der Waals surface area contributed by atoms with Crippen LogP contribution in [0, 0.1) is 0 Å². The monoisotopic (exact) mass is 409 g/mol. The third-order valence-electron chi connectivity index (χ3n) is 4.49. The molecule has 146 valence electrons. The fourth-order valence-electron chi connectivity index (χ4n) is 3.01. The normalized spacial score (nSPS) is 15.6. The highest BCUT2D eigenvalue weighted by Crippen LogP contribution is 2.22. The van der Waals surface area contributed by atoms with Crippen LogP contribution in [0.15, 0.2) is 34.3 Å². The number of nitrogens with one attached hydrogen (secondary N) is 1. The summed E-state index contributed by atoms with van der Waals surface area (Å²) in [5.41, 5.74) is 0.803. The van der Waals surface area contributed by atoms with Crippen LogP contribution >= 0.6 is 11.8 Å². The standard InChI is InChI=1S/C17H23N5O3S2/c1-12(13-6-8-14(9-7-13)27(18,24)25)19-16(23)11-26-17-21-20-15-5-3-2-4-10-22(15)17/h6-9,12H,2-5,10-11H2,1H3,(H,19,23)(H2,18,24,25)/t12-/m0/s1. The van der Waals surface area contributed by atoms with Gasteiger partial charge in [-0.15, -0.1) is 10.2 Å². The van der Waals surface area contributed by atoms with Crippen molar-refractivity contribution in [3.8, 4) is 0 Å². The van der Waals surface area contributed by atoms with Crippen molar-refractivity contribution in [2.75, 3.05) is 5.75 Å². The van der Waals surface area contributed by atoms with Crippen LogP contribution in [0.4, 0.5) is 0 Å². The molecule has 0 saturated carbocycles. The van der Waals surface area contributed by atoms with Gasteiger partial charge in [0.2, 0.25) is 15.9 Å². The molecule has 0 spiro atoms. The zero-order valence-corrected chi connectivity index (χ0v) is 16.7. The number of thioether (sulfide) groups is 1. The number of benzene rings is 1. The Balaban J connectivity index is 1.55. The maximum Gasteiger partial charge on any atom is 0.238 e. The lowest BCUT2D eigenvalue weighted by atomic mass is 10.1. The maximum atomic E-state index is 12.3. The van der Waals surface area contributed by atoms with E-state index < -0.39 is 10.0 Å². The average molecular weight is 410 g/mol. The lowest BCUT2D eigenvalue weighted by molar-refractivity contribution is -0.119. The Labute approximate surface area is 163 Å². The molecule has 0 unspecified atom stereocenters. The Morgan fingerprint density at radius 3 is 2.70 bits per heavy atom. The van der Waals surface area contributed by atoms with Crippen LogP contribution in [-0.2, 0) is 27.8 Å². The van der Waals surface area contributed by atoms with Gasteiger partial charge in [-0.2, -0.15) is 0 Å². The summed E-state index contributed by atoms with van der Waals surface area (Å²) in [5.74, 6) is 1.13. The van der Waals surface area contributed by atoms with Crippen molar-refractivity contribution in [3.05, 3.63) is 35.7 Å². The number of carbonyl (C=O) groups excluding carboxylic acids is 1. The minimum absolute atomic E-state index is 0.0489. The van der Waals surface area contributed by atoms with E-state index in [2.05, 4.69) is 20.1 Å². The summed E-state index contributed by atoms with van der Waals surface area (Å²) < 4.78 is 24.7. The molecule has 0 fully saturated rings. The van der Waals surface area contributed by atoms with Gasteiger partial charge in [0.1, 0.15) is 5.82 Å². The van der Waals surface area contributed by atoms with Crippen LogP contribution in [0.1, 0.15) is 43.6 Å². The zero-order valence-electron chi connectivity index (χ0n) is 15.1. The molecular weight excluding hydrogens is 386 g/mol. The molecule has 3 rings (SSSR count). The molecule has 8 nitrogen and oxygen atoms in total. The molecule has 1 atom stereocenters. The molecule has 1 aromatic heterocycles. The first-order valence-electron chi connectivity index (χ1n) is 8.81. The molecule has 0 bridgehead atoms. The molecule has 3 N–H and O–H groups in total. The minimum Gasteiger partial charge on any atom is -0.349 e. The van der Waals surface area contributed by atoms with Gasteiger partial charge in [-0.25, -0.2) is 13.6 Å². The van der Waals surface area contributed by atoms with Crippen molar-refractivity contribution in [1.29, 1.82) is 0 Å². The number of sulfonamides is 1. The number of nitrogens with two attached hydrogens (primary N) is 1. The van der Waals surface area contributed by atoms with Gasteiger partial charge in [0, 0.05) is 13.0 Å². The van der Waals surface area contributed by atoms with E-state index >= 15 is 0 Å². The second-order valence-corrected chi connectivity index (χ2v) is 9.06. The lowest BCUT2D eigenvalue weighted by Crippen LogP contribution is -2.28. The van der Waals surface area contributed by atoms with E-state index in [1.165, 1.54) is 30.3 Å². The van der Waals surface area contributed by atoms with Crippen molar-refractivity contribution in [1.82, 2.24) is 20.1 Å². The number of primary sulfonamides is 1. The van der Waals surface area contributed by atoms with Gasteiger partial charge < -0.3 is 9.88 Å². The molecule has 27 heavy (non-hydrogen) atoms. The Bertz CT molecular complexity index is 909. The van der Waals surface area contributed by atoms with Crippen molar-refractivity contribution >= 4 is 27.7 Å². The quantitative estimate of drug-likeness (QED) is 0.700. The minimum atomic E-state index is -3.72. The Hall–Kier alpha value is -1.91. The van der Waals surface area contributed by atoms with Crippen LogP contribution in [0.3, 0.4) is 0 Å². The Morgan fingerprint density at radius 2 is 2.00 bits per heavy atom. The van der Waals surface area contributed by atoms with Gasteiger partial charge in [-0.05, 0) is 37.5 Å². The van der Waals surface area contributed by atoms with Crippen molar-refractivity contribution < 1.29 is 13.2 Å². The van der Waals surface area contributed by atoms with Crippen LogP contribution < -0.4 is 10.5 Å². The van der Waals surface area contributed by atoms with Gasteiger partial charge >= 0.3 is 0 Å². The fourth-order valence-corrected chi connectivity index (χ4v) is 4.32. The molecule has 1 aliphatic heterocycles. The van der Waals surface area contributed by atoms with Gasteiger partial charge in [0.25, 0.3) is 0 Å². The fraction of sp³-hybridized carbons (Fsp3) is 0.471. The molecule has 0 radical (unpaired) electrons. The average Bonchev–Trinajstić information content (AvgIpc) is 2.85. The molecule has 1 aromatic carbocycles. The second-order valence-electron chi connectivity index (χ2n) is 6.55. The summed E-state index contributed by atoms with van der Waals surface area (Å²) in [6.45, 7) is 2.75. The number of amides is 1. The van der Waals surface area contributed by atoms with Crippen molar-refractivity contribution in [3.63, 3.8) is 0 Å². The highest BCUT2D eigenvalue weighted by molar-refractivity contribution is 7.99. The Kier molecular flexibility index (Phi) is 6.18. The molecular formula is C17H23N5O3S2. The van der Waals surface area contributed by atoms with Crippen molar-refractivity contribution in [2.45, 2.75) is 55.2 Å². The molecule has 2 aromatic rings. The van der Waals surface area contributed by atoms with E-state index in [1.807, 2.05) is 6.92 Å². The highest BCUT2D eigenvalue weighted by atomic mass is 32.2. The number of hydrogen-bond acceptors (Lipinski definition) is 6. The van der Waals surface area contributed by atoms with E-state index in [0.29, 0.717) is 0 Å². The van der Waals surface area contributed by atoms with Crippen molar-refractivity contribution in [2.24, 2.45) is 5.14 Å². The van der Waals surface area contributed by atoms with Crippen LogP contribution in [0.5, 0.6) is 0 Å². The molecule has 0 aliphatic carbocycles. The largest absolute Gasteiger partial charge is 0.349 e. The molecule has 2 heterocycles. The van der Waals surface area contributed by atoms with Crippen LogP contribution in [0.2, 0.25) is 0 Å². The third kappa shape index (κ3) is 5.08. The summed E-state index contributed by atoms with van der Waals surface area (Å²) >= 11 is 1.38. The number of fused-ring (bicyclic) bond motifs is 1. The van der Waals surface area contributed by atoms with Crippen LogP contribution in [0.25, 0.3) is 0 Å². The number of nitrogens with zero attached hydrogens (tertiary/aromatic N) is 3.